The van der Waals surface area contributed by atoms with Crippen LogP contribution in [0.4, 0.5) is 0 Å². The van der Waals surface area contributed by atoms with Crippen LogP contribution in [0.25, 0.3) is 12.2 Å². The zero-order valence-electron chi connectivity index (χ0n) is 8.59. The molecule has 0 aliphatic heterocycles. The molecule has 0 heteroatoms. The fourth-order valence-corrected chi connectivity index (χ4v) is 1.45. The van der Waals surface area contributed by atoms with Crippen LogP contribution in [0.1, 0.15) is 18.1 Å². The number of allylic oxidation sites excluding steroid dienone is 1. The van der Waals surface area contributed by atoms with Crippen molar-refractivity contribution in [3.8, 4) is 0 Å². The quantitative estimate of drug-likeness (QED) is 0.608. The zero-order chi connectivity index (χ0) is 9.84. The summed E-state index contributed by atoms with van der Waals surface area (Å²) in [6.07, 6.45) is 6.04. The summed E-state index contributed by atoms with van der Waals surface area (Å²) in [5.41, 5.74) is 2.68. The zero-order valence-corrected chi connectivity index (χ0v) is 8.59. The Labute approximate surface area is 79.9 Å². The summed E-state index contributed by atoms with van der Waals surface area (Å²) in [6, 6.07) is 4.31. The van der Waals surface area contributed by atoms with Gasteiger partial charge in [-0.3, -0.25) is 0 Å². The van der Waals surface area contributed by atoms with Gasteiger partial charge in [0.15, 0.2) is 0 Å². The van der Waals surface area contributed by atoms with E-state index in [9.17, 15) is 0 Å². The van der Waals surface area contributed by atoms with E-state index in [4.69, 9.17) is 0 Å². The van der Waals surface area contributed by atoms with Crippen LogP contribution >= 0.6 is 0 Å². The molecule has 1 rings (SSSR count). The molecule has 0 radical (unpaired) electrons. The van der Waals surface area contributed by atoms with E-state index >= 15 is 0 Å². The minimum Gasteiger partial charge on any atom is -0.0990 e. The lowest BCUT2D eigenvalue weighted by Crippen LogP contribution is -2.27. The van der Waals surface area contributed by atoms with Crippen LogP contribution in [-0.4, -0.2) is 0 Å². The van der Waals surface area contributed by atoms with Crippen molar-refractivity contribution in [2.45, 2.75) is 20.8 Å². The molecule has 68 valence electrons. The Morgan fingerprint density at radius 3 is 2.46 bits per heavy atom. The summed E-state index contributed by atoms with van der Waals surface area (Å²) in [7, 11) is 0. The lowest BCUT2D eigenvalue weighted by atomic mass is 10.0. The molecule has 0 unspecified atom stereocenters. The van der Waals surface area contributed by atoms with E-state index in [0.29, 0.717) is 0 Å². The molecule has 0 aliphatic carbocycles. The maximum Gasteiger partial charge on any atom is -0.0156 e. The van der Waals surface area contributed by atoms with Gasteiger partial charge < -0.3 is 0 Å². The lowest BCUT2D eigenvalue weighted by molar-refractivity contribution is 1.28. The Bertz CT molecular complexity index is 422. The Kier molecular flexibility index (Phi) is 3.07. The average Bonchev–Trinajstić information content (AvgIpc) is 2.14. The molecule has 0 aliphatic rings. The van der Waals surface area contributed by atoms with Gasteiger partial charge in [-0.2, -0.15) is 0 Å². The second-order valence-corrected chi connectivity index (χ2v) is 3.20. The van der Waals surface area contributed by atoms with Gasteiger partial charge in [0.25, 0.3) is 0 Å². The number of rotatable bonds is 1. The van der Waals surface area contributed by atoms with E-state index in [1.165, 1.54) is 21.6 Å². The number of hydrogen-bond donors (Lipinski definition) is 0. The van der Waals surface area contributed by atoms with Crippen molar-refractivity contribution in [3.05, 3.63) is 46.4 Å². The molecule has 13 heavy (non-hydrogen) atoms. The molecule has 0 fully saturated rings. The number of benzene rings is 1. The standard InChI is InChI=1S/C13H16/c1-5-7-13-11(4)10(3)8-9-12(13)6-2/h5-9H,1H2,2-4H3/b12-6-,13-7-. The average molecular weight is 172 g/mol. The van der Waals surface area contributed by atoms with Gasteiger partial charge >= 0.3 is 0 Å². The van der Waals surface area contributed by atoms with Crippen LogP contribution in [0.2, 0.25) is 0 Å². The Morgan fingerprint density at radius 2 is 1.92 bits per heavy atom. The smallest absolute Gasteiger partial charge is 0.0156 e. The van der Waals surface area contributed by atoms with Crippen molar-refractivity contribution in [1.29, 1.82) is 0 Å². The first-order chi connectivity index (χ1) is 6.20. The monoisotopic (exact) mass is 172 g/mol. The summed E-state index contributed by atoms with van der Waals surface area (Å²) in [6.45, 7) is 10.1. The normalized spacial score (nSPS) is 13.5. The van der Waals surface area contributed by atoms with Crippen molar-refractivity contribution < 1.29 is 0 Å². The molecule has 0 N–H and O–H groups in total. The molecule has 0 aromatic heterocycles. The van der Waals surface area contributed by atoms with Crippen molar-refractivity contribution in [2.24, 2.45) is 0 Å². The van der Waals surface area contributed by atoms with Gasteiger partial charge in [0.2, 0.25) is 0 Å². The highest BCUT2D eigenvalue weighted by molar-refractivity contribution is 5.43. The molecule has 1 aromatic rings. The van der Waals surface area contributed by atoms with Crippen LogP contribution in [0.3, 0.4) is 0 Å². The maximum absolute atomic E-state index is 3.73. The summed E-state index contributed by atoms with van der Waals surface area (Å²) < 4.78 is 0. The molecule has 1 aromatic carbocycles. The summed E-state index contributed by atoms with van der Waals surface area (Å²) >= 11 is 0. The molecular formula is C13H16. The maximum atomic E-state index is 3.73. The van der Waals surface area contributed by atoms with E-state index in [1.807, 2.05) is 6.08 Å². The highest BCUT2D eigenvalue weighted by atomic mass is 14.0. The van der Waals surface area contributed by atoms with Gasteiger partial charge in [-0.05, 0) is 42.3 Å². The van der Waals surface area contributed by atoms with Crippen molar-refractivity contribution in [3.63, 3.8) is 0 Å². The van der Waals surface area contributed by atoms with Gasteiger partial charge in [0.1, 0.15) is 0 Å². The van der Waals surface area contributed by atoms with E-state index < -0.39 is 0 Å². The Hall–Kier alpha value is -1.30. The summed E-state index contributed by atoms with van der Waals surface area (Å²) in [4.78, 5) is 0. The molecule has 0 saturated heterocycles. The number of hydrogen-bond acceptors (Lipinski definition) is 0. The van der Waals surface area contributed by atoms with E-state index in [0.717, 1.165) is 0 Å². The van der Waals surface area contributed by atoms with Gasteiger partial charge in [0, 0.05) is 0 Å². The van der Waals surface area contributed by atoms with Crippen molar-refractivity contribution in [1.82, 2.24) is 0 Å². The van der Waals surface area contributed by atoms with Crippen LogP contribution in [0, 0.1) is 13.8 Å². The molecule has 0 spiro atoms. The third kappa shape index (κ3) is 1.89. The second kappa shape index (κ2) is 4.08. The highest BCUT2D eigenvalue weighted by Crippen LogP contribution is 1.96. The van der Waals surface area contributed by atoms with Gasteiger partial charge in [0.05, 0.1) is 0 Å². The molecule has 0 nitrogen and oxygen atoms in total. The first-order valence-electron chi connectivity index (χ1n) is 4.56. The molecule has 0 bridgehead atoms. The lowest BCUT2D eigenvalue weighted by Gasteiger charge is -2.00. The second-order valence-electron chi connectivity index (χ2n) is 3.20. The predicted molar refractivity (Wildman–Crippen MR) is 60.0 cm³/mol. The Balaban J connectivity index is 3.72. The fourth-order valence-electron chi connectivity index (χ4n) is 1.45. The minimum absolute atomic E-state index is 1.28. The van der Waals surface area contributed by atoms with Crippen LogP contribution in [0.15, 0.2) is 24.8 Å². The fraction of sp³-hybridized carbons (Fsp3) is 0.231. The molecule has 0 saturated carbocycles. The van der Waals surface area contributed by atoms with Crippen molar-refractivity contribution in [2.75, 3.05) is 0 Å². The first kappa shape index (κ1) is 9.79. The van der Waals surface area contributed by atoms with Crippen LogP contribution < -0.4 is 10.4 Å². The van der Waals surface area contributed by atoms with Gasteiger partial charge in [-0.1, -0.05) is 36.9 Å². The third-order valence-corrected chi connectivity index (χ3v) is 2.41. The Morgan fingerprint density at radius 1 is 1.23 bits per heavy atom. The number of aryl methyl sites for hydroxylation is 1. The van der Waals surface area contributed by atoms with Crippen molar-refractivity contribution >= 4 is 12.2 Å². The molecule has 0 heterocycles. The molecule has 0 atom stereocenters. The van der Waals surface area contributed by atoms with E-state index in [2.05, 4.69) is 51.6 Å². The van der Waals surface area contributed by atoms with E-state index in [-0.39, 0.29) is 0 Å². The summed E-state index contributed by atoms with van der Waals surface area (Å²) in [5.74, 6) is 0. The van der Waals surface area contributed by atoms with Crippen LogP contribution in [-0.2, 0) is 0 Å². The van der Waals surface area contributed by atoms with Gasteiger partial charge in [-0.25, -0.2) is 0 Å². The van der Waals surface area contributed by atoms with E-state index in [1.54, 1.807) is 0 Å². The third-order valence-electron chi connectivity index (χ3n) is 2.41. The first-order valence-corrected chi connectivity index (χ1v) is 4.56. The minimum atomic E-state index is 1.28. The largest absolute Gasteiger partial charge is 0.0990 e. The van der Waals surface area contributed by atoms with Crippen LogP contribution in [0.5, 0.6) is 0 Å². The predicted octanol–water partition coefficient (Wildman–Crippen LogP) is 2.07. The SMILES string of the molecule is C=C/C=c1/c(C)c(C)cc/c1=C/C. The summed E-state index contributed by atoms with van der Waals surface area (Å²) in [5, 5.41) is 2.57. The van der Waals surface area contributed by atoms with Gasteiger partial charge in [-0.15, -0.1) is 0 Å². The topological polar surface area (TPSA) is 0 Å². The molecule has 0 amide bonds. The molecular weight excluding hydrogens is 156 g/mol. The highest BCUT2D eigenvalue weighted by Gasteiger charge is 1.93.